The highest BCUT2D eigenvalue weighted by Crippen LogP contribution is 2.17. The lowest BCUT2D eigenvalue weighted by atomic mass is 10.1. The number of carbonyl (C=O) groups excluding carboxylic acids is 1. The molecule has 1 heterocycles. The van der Waals surface area contributed by atoms with E-state index in [0.717, 1.165) is 10.0 Å². The van der Waals surface area contributed by atoms with Gasteiger partial charge < -0.3 is 9.73 Å². The van der Waals surface area contributed by atoms with Crippen molar-refractivity contribution in [3.63, 3.8) is 0 Å². The van der Waals surface area contributed by atoms with Crippen LogP contribution in [-0.4, -0.2) is 10.5 Å². The predicted octanol–water partition coefficient (Wildman–Crippen LogP) is 3.23. The molecule has 5 nitrogen and oxygen atoms in total. The van der Waals surface area contributed by atoms with Gasteiger partial charge in [0, 0.05) is 4.47 Å². The van der Waals surface area contributed by atoms with Crippen LogP contribution < -0.4 is 11.1 Å². The van der Waals surface area contributed by atoms with Crippen LogP contribution in [0, 0.1) is 0 Å². The molecule has 1 unspecified atom stereocenters. The summed E-state index contributed by atoms with van der Waals surface area (Å²) in [6, 6.07) is 14.6. The molecule has 1 atom stereocenters. The number of nitrogens with one attached hydrogen (secondary N) is 1. The van der Waals surface area contributed by atoms with E-state index in [1.165, 1.54) is 4.57 Å². The van der Waals surface area contributed by atoms with Crippen molar-refractivity contribution >= 4 is 32.9 Å². The van der Waals surface area contributed by atoms with Gasteiger partial charge in [-0.1, -0.05) is 40.2 Å². The maximum absolute atomic E-state index is 12.2. The van der Waals surface area contributed by atoms with E-state index in [-0.39, 0.29) is 18.5 Å². The summed E-state index contributed by atoms with van der Waals surface area (Å²) in [5, 5.41) is 2.89. The van der Waals surface area contributed by atoms with Crippen molar-refractivity contribution in [3.05, 3.63) is 69.1 Å². The summed E-state index contributed by atoms with van der Waals surface area (Å²) in [7, 11) is 0. The molecule has 0 radical (unpaired) electrons. The molecule has 0 aliphatic carbocycles. The van der Waals surface area contributed by atoms with Crippen LogP contribution in [0.15, 0.2) is 62.2 Å². The van der Waals surface area contributed by atoms with Crippen LogP contribution in [0.3, 0.4) is 0 Å². The second kappa shape index (κ2) is 6.42. The van der Waals surface area contributed by atoms with Crippen molar-refractivity contribution in [2.24, 2.45) is 0 Å². The molecule has 0 aliphatic heterocycles. The van der Waals surface area contributed by atoms with Crippen LogP contribution in [0.2, 0.25) is 0 Å². The number of hydrogen-bond donors (Lipinski definition) is 1. The second-order valence-electron chi connectivity index (χ2n) is 5.26. The van der Waals surface area contributed by atoms with E-state index in [9.17, 15) is 9.59 Å². The Morgan fingerprint density at radius 2 is 1.91 bits per heavy atom. The van der Waals surface area contributed by atoms with E-state index in [4.69, 9.17) is 4.42 Å². The Morgan fingerprint density at radius 1 is 1.22 bits per heavy atom. The first-order valence-corrected chi connectivity index (χ1v) is 7.97. The summed E-state index contributed by atoms with van der Waals surface area (Å²) in [6.07, 6.45) is 0. The van der Waals surface area contributed by atoms with Gasteiger partial charge in [0.1, 0.15) is 6.54 Å². The van der Waals surface area contributed by atoms with Gasteiger partial charge in [-0.25, -0.2) is 4.79 Å². The molecule has 1 aromatic heterocycles. The fourth-order valence-electron chi connectivity index (χ4n) is 2.43. The molecule has 118 valence electrons. The molecular weight excluding hydrogens is 360 g/mol. The number of hydrogen-bond acceptors (Lipinski definition) is 3. The third-order valence-corrected chi connectivity index (χ3v) is 4.15. The Hall–Kier alpha value is -2.34. The monoisotopic (exact) mass is 374 g/mol. The fraction of sp³-hybridized carbons (Fsp3) is 0.176. The molecule has 3 rings (SSSR count). The molecule has 0 aliphatic rings. The minimum Gasteiger partial charge on any atom is -0.408 e. The van der Waals surface area contributed by atoms with E-state index in [1.807, 2.05) is 31.2 Å². The average Bonchev–Trinajstić information content (AvgIpc) is 2.84. The quantitative estimate of drug-likeness (QED) is 0.762. The first-order valence-electron chi connectivity index (χ1n) is 7.18. The Kier molecular flexibility index (Phi) is 4.34. The zero-order valence-electron chi connectivity index (χ0n) is 12.5. The number of benzene rings is 2. The van der Waals surface area contributed by atoms with Crippen molar-refractivity contribution in [1.82, 2.24) is 9.88 Å². The lowest BCUT2D eigenvalue weighted by Crippen LogP contribution is -2.32. The van der Waals surface area contributed by atoms with Crippen LogP contribution in [-0.2, 0) is 11.3 Å². The predicted molar refractivity (Wildman–Crippen MR) is 91.2 cm³/mol. The van der Waals surface area contributed by atoms with Gasteiger partial charge in [-0.05, 0) is 36.8 Å². The normalized spacial score (nSPS) is 12.3. The molecule has 1 amide bonds. The van der Waals surface area contributed by atoms with Gasteiger partial charge >= 0.3 is 5.76 Å². The maximum atomic E-state index is 12.2. The number of halogens is 1. The highest BCUT2D eigenvalue weighted by atomic mass is 79.9. The summed E-state index contributed by atoms with van der Waals surface area (Å²) in [5.41, 5.74) is 2.08. The number of oxazole rings is 1. The Bertz CT molecular complexity index is 896. The van der Waals surface area contributed by atoms with E-state index in [1.54, 1.807) is 24.3 Å². The number of para-hydroxylation sites is 2. The van der Waals surface area contributed by atoms with Gasteiger partial charge in [-0.15, -0.1) is 0 Å². The number of carbonyl (C=O) groups is 1. The largest absolute Gasteiger partial charge is 0.420 e. The molecule has 0 fully saturated rings. The first-order chi connectivity index (χ1) is 11.0. The van der Waals surface area contributed by atoms with Gasteiger partial charge in [0.05, 0.1) is 11.6 Å². The average molecular weight is 375 g/mol. The van der Waals surface area contributed by atoms with Crippen molar-refractivity contribution in [3.8, 4) is 0 Å². The highest BCUT2D eigenvalue weighted by Gasteiger charge is 2.14. The molecule has 0 saturated carbocycles. The van der Waals surface area contributed by atoms with Crippen molar-refractivity contribution in [2.75, 3.05) is 0 Å². The second-order valence-corrected chi connectivity index (χ2v) is 6.18. The molecule has 0 spiro atoms. The number of amides is 1. The molecule has 0 saturated heterocycles. The molecule has 23 heavy (non-hydrogen) atoms. The SMILES string of the molecule is CC(NC(=O)Cn1c(=O)oc2ccccc21)c1ccc(Br)cc1. The van der Waals surface area contributed by atoms with Gasteiger partial charge in [0.15, 0.2) is 5.58 Å². The van der Waals surface area contributed by atoms with Crippen LogP contribution in [0.1, 0.15) is 18.5 Å². The third kappa shape index (κ3) is 3.37. The van der Waals surface area contributed by atoms with E-state index < -0.39 is 5.76 Å². The number of rotatable bonds is 4. The van der Waals surface area contributed by atoms with Crippen molar-refractivity contribution < 1.29 is 9.21 Å². The van der Waals surface area contributed by atoms with Gasteiger partial charge in [0.2, 0.25) is 5.91 Å². The summed E-state index contributed by atoms with van der Waals surface area (Å²) >= 11 is 3.38. The number of nitrogens with zero attached hydrogens (tertiary/aromatic N) is 1. The summed E-state index contributed by atoms with van der Waals surface area (Å²) < 4.78 is 7.44. The van der Waals surface area contributed by atoms with Crippen LogP contribution in [0.4, 0.5) is 0 Å². The Balaban J connectivity index is 1.75. The zero-order chi connectivity index (χ0) is 16.4. The fourth-order valence-corrected chi connectivity index (χ4v) is 2.69. The standard InChI is InChI=1S/C17H15BrN2O3/c1-11(12-6-8-13(18)9-7-12)19-16(21)10-20-14-4-2-3-5-15(14)23-17(20)22/h2-9,11H,10H2,1H3,(H,19,21). The number of aromatic nitrogens is 1. The molecule has 1 N–H and O–H groups in total. The first kappa shape index (κ1) is 15.6. The molecule has 0 bridgehead atoms. The Labute approximate surface area is 141 Å². The summed E-state index contributed by atoms with van der Waals surface area (Å²) in [5.74, 6) is -0.772. The lowest BCUT2D eigenvalue weighted by Gasteiger charge is -2.14. The molecular formula is C17H15BrN2O3. The number of fused-ring (bicyclic) bond motifs is 1. The third-order valence-electron chi connectivity index (χ3n) is 3.62. The summed E-state index contributed by atoms with van der Waals surface area (Å²) in [4.78, 5) is 24.1. The highest BCUT2D eigenvalue weighted by molar-refractivity contribution is 9.10. The van der Waals surface area contributed by atoms with Crippen molar-refractivity contribution in [2.45, 2.75) is 19.5 Å². The van der Waals surface area contributed by atoms with Gasteiger partial charge in [-0.2, -0.15) is 0 Å². The van der Waals surface area contributed by atoms with Crippen LogP contribution in [0.25, 0.3) is 11.1 Å². The lowest BCUT2D eigenvalue weighted by molar-refractivity contribution is -0.122. The Morgan fingerprint density at radius 3 is 2.65 bits per heavy atom. The van der Waals surface area contributed by atoms with Crippen LogP contribution >= 0.6 is 15.9 Å². The molecule has 6 heteroatoms. The smallest absolute Gasteiger partial charge is 0.408 e. The topological polar surface area (TPSA) is 64.2 Å². The molecule has 3 aromatic rings. The van der Waals surface area contributed by atoms with E-state index in [0.29, 0.717) is 11.1 Å². The van der Waals surface area contributed by atoms with Gasteiger partial charge in [0.25, 0.3) is 0 Å². The van der Waals surface area contributed by atoms with Crippen molar-refractivity contribution in [1.29, 1.82) is 0 Å². The maximum Gasteiger partial charge on any atom is 0.420 e. The summed E-state index contributed by atoms with van der Waals surface area (Å²) in [6.45, 7) is 1.83. The zero-order valence-corrected chi connectivity index (χ0v) is 14.0. The van der Waals surface area contributed by atoms with E-state index in [2.05, 4.69) is 21.2 Å². The van der Waals surface area contributed by atoms with Gasteiger partial charge in [-0.3, -0.25) is 9.36 Å². The minimum absolute atomic E-state index is 0.0727. The minimum atomic E-state index is -0.530. The van der Waals surface area contributed by atoms with Crippen LogP contribution in [0.5, 0.6) is 0 Å². The van der Waals surface area contributed by atoms with E-state index >= 15 is 0 Å². The molecule has 2 aromatic carbocycles.